The van der Waals surface area contributed by atoms with Crippen molar-refractivity contribution in [1.82, 2.24) is 14.5 Å². The largest absolute Gasteiger partial charge is 0.312 e. The first kappa shape index (κ1) is 33.2. The van der Waals surface area contributed by atoms with Crippen LogP contribution in [-0.4, -0.2) is 14.5 Å². The highest BCUT2D eigenvalue weighted by Crippen LogP contribution is 2.63. The standard InChI is InChI=1S/C56H36N4/c1-4-14-35(15-5-1)38-24-26-39(27-25-38)55-57-47-22-12-10-20-43(47)56(58-55)60-49-31-29-40(36-16-6-2-7-17-36)32-46(49)52-51(60)34-45-42-30-28-41(37-18-8-3-9-19-37)33-50(42)59-48-23-13-11-21-44(48)53(52)54(45)59/h1-34,52-53H. The number of rotatable bonds is 5. The Morgan fingerprint density at radius 3 is 1.73 bits per heavy atom. The first-order valence-corrected chi connectivity index (χ1v) is 20.7. The average molecular weight is 765 g/mol. The van der Waals surface area contributed by atoms with E-state index in [9.17, 15) is 0 Å². The van der Waals surface area contributed by atoms with Crippen LogP contribution in [0.2, 0.25) is 0 Å². The van der Waals surface area contributed by atoms with Crippen molar-refractivity contribution in [2.75, 3.05) is 4.90 Å². The highest BCUT2D eigenvalue weighted by molar-refractivity contribution is 6.03. The fraction of sp³-hybridized carbons (Fsp3) is 0.0357. The van der Waals surface area contributed by atoms with Crippen LogP contribution in [0.15, 0.2) is 206 Å². The van der Waals surface area contributed by atoms with Crippen molar-refractivity contribution in [2.45, 2.75) is 11.8 Å². The van der Waals surface area contributed by atoms with Crippen LogP contribution in [-0.2, 0) is 0 Å². The van der Waals surface area contributed by atoms with Crippen LogP contribution in [0, 0.1) is 0 Å². The highest BCUT2D eigenvalue weighted by Gasteiger charge is 2.49. The maximum Gasteiger partial charge on any atom is 0.162 e. The van der Waals surface area contributed by atoms with Gasteiger partial charge in [0, 0.05) is 50.8 Å². The number of allylic oxidation sites excluding steroid dienone is 1. The van der Waals surface area contributed by atoms with E-state index in [0.717, 1.165) is 28.0 Å². The number of para-hydroxylation sites is 2. The van der Waals surface area contributed by atoms with Crippen LogP contribution >= 0.6 is 0 Å². The van der Waals surface area contributed by atoms with Crippen LogP contribution in [0.1, 0.15) is 34.2 Å². The van der Waals surface area contributed by atoms with Gasteiger partial charge in [-0.25, -0.2) is 9.97 Å². The Morgan fingerprint density at radius 1 is 0.400 bits per heavy atom. The van der Waals surface area contributed by atoms with Gasteiger partial charge in [0.05, 0.1) is 16.7 Å². The summed E-state index contributed by atoms with van der Waals surface area (Å²) in [5.74, 6) is 1.77. The lowest BCUT2D eigenvalue weighted by atomic mass is 9.75. The Bertz CT molecular complexity index is 3370. The molecule has 0 radical (unpaired) electrons. The van der Waals surface area contributed by atoms with Gasteiger partial charge in [-0.3, -0.25) is 4.90 Å². The van der Waals surface area contributed by atoms with E-state index < -0.39 is 0 Å². The van der Waals surface area contributed by atoms with Gasteiger partial charge in [0.25, 0.3) is 0 Å². The average Bonchev–Trinajstić information content (AvgIpc) is 3.96. The predicted molar refractivity (Wildman–Crippen MR) is 246 cm³/mol. The minimum atomic E-state index is 0.0544. The molecule has 4 nitrogen and oxygen atoms in total. The summed E-state index contributed by atoms with van der Waals surface area (Å²) < 4.78 is 2.56. The number of hydrogen-bond acceptors (Lipinski definition) is 3. The molecule has 2 aromatic heterocycles. The second-order valence-corrected chi connectivity index (χ2v) is 16.1. The van der Waals surface area contributed by atoms with Crippen molar-refractivity contribution in [3.63, 3.8) is 0 Å². The first-order chi connectivity index (χ1) is 29.8. The lowest BCUT2D eigenvalue weighted by Crippen LogP contribution is -2.22. The van der Waals surface area contributed by atoms with Gasteiger partial charge in [-0.2, -0.15) is 0 Å². The van der Waals surface area contributed by atoms with Crippen LogP contribution in [0.5, 0.6) is 0 Å². The molecular formula is C56H36N4. The number of benzene rings is 8. The van der Waals surface area contributed by atoms with Gasteiger partial charge in [-0.1, -0.05) is 164 Å². The summed E-state index contributed by atoms with van der Waals surface area (Å²) in [4.78, 5) is 13.2. The number of aromatic nitrogens is 3. The summed E-state index contributed by atoms with van der Waals surface area (Å²) in [7, 11) is 0. The van der Waals surface area contributed by atoms with Crippen molar-refractivity contribution in [3.05, 3.63) is 228 Å². The summed E-state index contributed by atoms with van der Waals surface area (Å²) in [5.41, 5.74) is 19.4. The molecule has 4 heteroatoms. The number of hydrogen-bond donors (Lipinski definition) is 0. The molecule has 0 fully saturated rings. The fourth-order valence-electron chi connectivity index (χ4n) is 10.2. The summed E-state index contributed by atoms with van der Waals surface area (Å²) in [6.45, 7) is 0. The third-order valence-electron chi connectivity index (χ3n) is 12.9. The second kappa shape index (κ2) is 12.8. The third-order valence-corrected chi connectivity index (χ3v) is 12.9. The molecule has 0 bridgehead atoms. The van der Waals surface area contributed by atoms with Gasteiger partial charge in [0.2, 0.25) is 0 Å². The van der Waals surface area contributed by atoms with E-state index in [1.54, 1.807) is 0 Å². The van der Waals surface area contributed by atoms with Crippen LogP contribution in [0.4, 0.5) is 11.5 Å². The van der Waals surface area contributed by atoms with Crippen molar-refractivity contribution < 1.29 is 0 Å². The normalized spacial score (nSPS) is 15.7. The molecule has 2 atom stereocenters. The van der Waals surface area contributed by atoms with E-state index in [-0.39, 0.29) is 11.8 Å². The molecule has 4 heterocycles. The quantitative estimate of drug-likeness (QED) is 0.175. The first-order valence-electron chi connectivity index (χ1n) is 20.7. The zero-order chi connectivity index (χ0) is 39.3. The zero-order valence-electron chi connectivity index (χ0n) is 32.6. The summed E-state index contributed by atoms with van der Waals surface area (Å²) in [6, 6.07) is 72.3. The molecule has 13 rings (SSSR count). The number of anilines is 2. The van der Waals surface area contributed by atoms with E-state index in [0.29, 0.717) is 5.82 Å². The van der Waals surface area contributed by atoms with E-state index in [4.69, 9.17) is 9.97 Å². The minimum Gasteiger partial charge on any atom is -0.312 e. The van der Waals surface area contributed by atoms with Crippen LogP contribution in [0.25, 0.3) is 78.3 Å². The van der Waals surface area contributed by atoms with Gasteiger partial charge in [-0.05, 0) is 87.0 Å². The zero-order valence-corrected chi connectivity index (χ0v) is 32.6. The monoisotopic (exact) mass is 764 g/mol. The summed E-state index contributed by atoms with van der Waals surface area (Å²) in [6.07, 6.45) is 2.48. The molecule has 0 N–H and O–H groups in total. The van der Waals surface area contributed by atoms with E-state index in [1.807, 2.05) is 0 Å². The molecule has 1 aliphatic carbocycles. The van der Waals surface area contributed by atoms with Crippen molar-refractivity contribution >= 4 is 39.4 Å². The second-order valence-electron chi connectivity index (χ2n) is 16.1. The molecule has 10 aromatic rings. The molecule has 0 amide bonds. The predicted octanol–water partition coefficient (Wildman–Crippen LogP) is 14.0. The van der Waals surface area contributed by atoms with Crippen molar-refractivity contribution in [1.29, 1.82) is 0 Å². The Labute approximate surface area is 348 Å². The fourth-order valence-corrected chi connectivity index (χ4v) is 10.2. The maximum absolute atomic E-state index is 5.55. The molecule has 60 heavy (non-hydrogen) atoms. The Morgan fingerprint density at radius 2 is 0.983 bits per heavy atom. The molecule has 0 saturated carbocycles. The van der Waals surface area contributed by atoms with E-state index in [2.05, 4.69) is 216 Å². The Hall–Kier alpha value is -7.82. The molecule has 280 valence electrons. The maximum atomic E-state index is 5.55. The van der Waals surface area contributed by atoms with Crippen LogP contribution < -0.4 is 4.90 Å². The lowest BCUT2D eigenvalue weighted by Gasteiger charge is -2.30. The lowest BCUT2D eigenvalue weighted by molar-refractivity contribution is 0.690. The molecule has 8 aromatic carbocycles. The Balaban J connectivity index is 1.06. The van der Waals surface area contributed by atoms with Crippen molar-refractivity contribution in [2.24, 2.45) is 0 Å². The van der Waals surface area contributed by atoms with Gasteiger partial charge < -0.3 is 4.57 Å². The van der Waals surface area contributed by atoms with Gasteiger partial charge in [0.1, 0.15) is 5.82 Å². The molecule has 0 saturated heterocycles. The van der Waals surface area contributed by atoms with Gasteiger partial charge in [-0.15, -0.1) is 0 Å². The SMILES string of the molecule is C1=C2C(c3cc(-c4ccccc4)ccc3N2c2nc(-c3ccc(-c4ccccc4)cc3)nc3ccccc23)C2c3ccccc3-n3c2c1c1ccc(-c2ccccc2)cc13. The van der Waals surface area contributed by atoms with E-state index >= 15 is 0 Å². The summed E-state index contributed by atoms with van der Waals surface area (Å²) >= 11 is 0. The molecule has 2 aliphatic heterocycles. The molecule has 3 aliphatic rings. The molecule has 2 unspecified atom stereocenters. The third kappa shape index (κ3) is 4.85. The smallest absolute Gasteiger partial charge is 0.162 e. The Kier molecular flexibility index (Phi) is 7.10. The minimum absolute atomic E-state index is 0.0544. The van der Waals surface area contributed by atoms with E-state index in [1.165, 1.54) is 78.1 Å². The number of nitrogens with zero attached hydrogens (tertiary/aromatic N) is 4. The topological polar surface area (TPSA) is 34.0 Å². The van der Waals surface area contributed by atoms with Crippen LogP contribution in [0.3, 0.4) is 0 Å². The van der Waals surface area contributed by atoms with Crippen molar-refractivity contribution in [3.8, 4) is 50.5 Å². The molecular weight excluding hydrogens is 729 g/mol. The molecule has 0 spiro atoms. The number of fused-ring (bicyclic) bond motifs is 11. The summed E-state index contributed by atoms with van der Waals surface area (Å²) in [5, 5.41) is 2.29. The van der Waals surface area contributed by atoms with Gasteiger partial charge >= 0.3 is 0 Å². The van der Waals surface area contributed by atoms with Gasteiger partial charge in [0.15, 0.2) is 5.82 Å². The highest BCUT2D eigenvalue weighted by atomic mass is 15.2.